The van der Waals surface area contributed by atoms with Crippen LogP contribution in [0.4, 0.5) is 4.39 Å². The molecule has 0 amide bonds. The van der Waals surface area contributed by atoms with Crippen LogP contribution in [0.15, 0.2) is 18.3 Å². The highest BCUT2D eigenvalue weighted by molar-refractivity contribution is 7.19. The third kappa shape index (κ3) is 4.21. The number of rotatable bonds is 5. The van der Waals surface area contributed by atoms with Crippen LogP contribution in [-0.2, 0) is 29.0 Å². The molecule has 0 bridgehead atoms. The number of aromatic nitrogens is 2. The van der Waals surface area contributed by atoms with Gasteiger partial charge in [-0.1, -0.05) is 6.07 Å². The Bertz CT molecular complexity index is 1130. The van der Waals surface area contributed by atoms with E-state index in [2.05, 4.69) is 4.98 Å². The van der Waals surface area contributed by atoms with E-state index in [1.165, 1.54) is 10.4 Å². The summed E-state index contributed by atoms with van der Waals surface area (Å²) in [6, 6.07) is 3.47. The molecule has 0 saturated carbocycles. The maximum atomic E-state index is 13.1. The molecule has 3 heterocycles. The smallest absolute Gasteiger partial charge is 0.337 e. The van der Waals surface area contributed by atoms with Gasteiger partial charge in [0.1, 0.15) is 11.5 Å². The number of aliphatic carboxylic acids is 1. The van der Waals surface area contributed by atoms with Gasteiger partial charge in [-0.05, 0) is 65.0 Å². The number of hydrogen-bond donors (Lipinski definition) is 1. The van der Waals surface area contributed by atoms with E-state index in [-0.39, 0.29) is 0 Å². The van der Waals surface area contributed by atoms with Gasteiger partial charge in [0.25, 0.3) is 0 Å². The van der Waals surface area contributed by atoms with Crippen LogP contribution in [0, 0.1) is 6.92 Å². The van der Waals surface area contributed by atoms with Gasteiger partial charge < -0.3 is 9.84 Å². The molecule has 1 unspecified atom stereocenters. The third-order valence-corrected chi connectivity index (χ3v) is 6.72. The van der Waals surface area contributed by atoms with Crippen LogP contribution in [0.3, 0.4) is 0 Å². The summed E-state index contributed by atoms with van der Waals surface area (Å²) in [6.07, 6.45) is 4.67. The monoisotopic (exact) mass is 442 g/mol. The molecule has 0 radical (unpaired) electrons. The van der Waals surface area contributed by atoms with Crippen LogP contribution in [0.1, 0.15) is 67.1 Å². The van der Waals surface area contributed by atoms with Crippen molar-refractivity contribution in [2.24, 2.45) is 0 Å². The van der Waals surface area contributed by atoms with Gasteiger partial charge in [0.05, 0.1) is 11.3 Å². The number of ether oxygens (including phenoxy) is 1. The molecular weight excluding hydrogens is 415 g/mol. The lowest BCUT2D eigenvalue weighted by molar-refractivity contribution is -0.160. The highest BCUT2D eigenvalue weighted by atomic mass is 32.1. The molecule has 4 rings (SSSR count). The molecule has 5 nitrogen and oxygen atoms in total. The largest absolute Gasteiger partial charge is 0.479 e. The molecule has 1 atom stereocenters. The number of carboxylic acid groups (broad SMARTS) is 1. The fourth-order valence-electron chi connectivity index (χ4n) is 4.27. The van der Waals surface area contributed by atoms with Crippen LogP contribution in [0.25, 0.3) is 21.3 Å². The summed E-state index contributed by atoms with van der Waals surface area (Å²) in [4.78, 5) is 23.7. The van der Waals surface area contributed by atoms with Crippen LogP contribution in [0.2, 0.25) is 0 Å². The average molecular weight is 443 g/mol. The zero-order valence-corrected chi connectivity index (χ0v) is 19.1. The van der Waals surface area contributed by atoms with Crippen molar-refractivity contribution in [2.45, 2.75) is 71.8 Å². The Labute approximate surface area is 185 Å². The summed E-state index contributed by atoms with van der Waals surface area (Å²) < 4.78 is 19.1. The highest BCUT2D eigenvalue weighted by Crippen LogP contribution is 2.45. The number of fused-ring (bicyclic) bond motifs is 3. The molecule has 7 heteroatoms. The highest BCUT2D eigenvalue weighted by Gasteiger charge is 2.34. The van der Waals surface area contributed by atoms with Crippen LogP contribution in [-0.4, -0.2) is 26.6 Å². The number of alkyl halides is 1. The summed E-state index contributed by atoms with van der Waals surface area (Å²) in [6.45, 7) is 6.72. The van der Waals surface area contributed by atoms with E-state index in [0.29, 0.717) is 17.0 Å². The number of halogens is 1. The number of pyridine rings is 2. The van der Waals surface area contributed by atoms with Gasteiger partial charge in [0, 0.05) is 38.8 Å². The Morgan fingerprint density at radius 2 is 2.03 bits per heavy atom. The molecule has 1 N–H and O–H groups in total. The topological polar surface area (TPSA) is 72.3 Å². The molecule has 164 valence electrons. The quantitative estimate of drug-likeness (QED) is 0.528. The molecule has 0 fully saturated rings. The minimum absolute atomic E-state index is 0.348. The number of aryl methyl sites for hydroxylation is 3. The normalized spacial score (nSPS) is 15.1. The fourth-order valence-corrected chi connectivity index (χ4v) is 5.59. The fraction of sp³-hybridized carbons (Fsp3) is 0.458. The van der Waals surface area contributed by atoms with Crippen molar-refractivity contribution < 1.29 is 19.0 Å². The average Bonchev–Trinajstić information content (AvgIpc) is 3.08. The zero-order chi connectivity index (χ0) is 22.3. The maximum Gasteiger partial charge on any atom is 0.337 e. The van der Waals surface area contributed by atoms with E-state index in [1.54, 1.807) is 23.6 Å². The Balaban J connectivity index is 2.06. The number of nitrogens with zero attached hydrogens (tertiary/aromatic N) is 2. The van der Waals surface area contributed by atoms with Crippen molar-refractivity contribution in [1.29, 1.82) is 0 Å². The van der Waals surface area contributed by atoms with Gasteiger partial charge in [0.2, 0.25) is 0 Å². The number of thiophene rings is 1. The Hall–Kier alpha value is -2.38. The summed E-state index contributed by atoms with van der Waals surface area (Å²) in [5, 5.41) is 11.1. The third-order valence-electron chi connectivity index (χ3n) is 5.54. The molecule has 1 aliphatic rings. The summed E-state index contributed by atoms with van der Waals surface area (Å²) in [5.74, 6) is -1.06. The predicted octanol–water partition coefficient (Wildman–Crippen LogP) is 5.96. The molecule has 3 aromatic heterocycles. The minimum atomic E-state index is -1.17. The molecule has 0 saturated heterocycles. The molecule has 0 spiro atoms. The Morgan fingerprint density at radius 3 is 2.65 bits per heavy atom. The van der Waals surface area contributed by atoms with Crippen molar-refractivity contribution in [3.63, 3.8) is 0 Å². The first-order chi connectivity index (χ1) is 14.7. The molecule has 1 aliphatic carbocycles. The minimum Gasteiger partial charge on any atom is -0.479 e. The molecule has 0 aromatic carbocycles. The standard InChI is InChI=1S/C24H27FN2O3S/c1-13-18(21(23(28)29)30-24(2,3)4)19(14-9-10-15(11-25)26-12-14)20-16-7-5-6-8-17(16)31-22(20)27-13/h9-10,12,21H,5-8,11H2,1-4H3,(H,28,29). The molecule has 0 aliphatic heterocycles. The van der Waals surface area contributed by atoms with E-state index in [9.17, 15) is 14.3 Å². The van der Waals surface area contributed by atoms with E-state index in [1.807, 2.05) is 33.8 Å². The summed E-state index contributed by atoms with van der Waals surface area (Å²) in [5.41, 5.74) is 3.69. The molecule has 31 heavy (non-hydrogen) atoms. The first kappa shape index (κ1) is 21.8. The van der Waals surface area contributed by atoms with Gasteiger partial charge in [-0.3, -0.25) is 4.98 Å². The molecular formula is C24H27FN2O3S. The van der Waals surface area contributed by atoms with Gasteiger partial charge in [-0.2, -0.15) is 0 Å². The van der Waals surface area contributed by atoms with Crippen LogP contribution >= 0.6 is 11.3 Å². The SMILES string of the molecule is Cc1nc2sc3c(c2c(-c2ccc(CF)nc2)c1C(OC(C)(C)C)C(=O)O)CCCC3. The second-order valence-electron chi connectivity index (χ2n) is 9.00. The van der Waals surface area contributed by atoms with Crippen molar-refractivity contribution in [1.82, 2.24) is 9.97 Å². The second-order valence-corrected chi connectivity index (χ2v) is 10.1. The summed E-state index contributed by atoms with van der Waals surface area (Å²) >= 11 is 1.69. The number of carbonyl (C=O) groups is 1. The van der Waals surface area contributed by atoms with Gasteiger partial charge in [0.15, 0.2) is 6.10 Å². The Kier molecular flexibility index (Phi) is 5.83. The van der Waals surface area contributed by atoms with E-state index in [0.717, 1.165) is 47.0 Å². The first-order valence-corrected chi connectivity index (χ1v) is 11.4. The van der Waals surface area contributed by atoms with Crippen LogP contribution < -0.4 is 0 Å². The lowest BCUT2D eigenvalue weighted by Crippen LogP contribution is -2.28. The van der Waals surface area contributed by atoms with Crippen molar-refractivity contribution in [3.05, 3.63) is 45.7 Å². The van der Waals surface area contributed by atoms with Gasteiger partial charge in [-0.25, -0.2) is 14.2 Å². The van der Waals surface area contributed by atoms with Crippen molar-refractivity contribution in [3.8, 4) is 11.1 Å². The Morgan fingerprint density at radius 1 is 1.29 bits per heavy atom. The van der Waals surface area contributed by atoms with E-state index < -0.39 is 24.3 Å². The number of carboxylic acids is 1. The second kappa shape index (κ2) is 8.28. The number of hydrogen-bond acceptors (Lipinski definition) is 5. The van der Waals surface area contributed by atoms with Gasteiger partial charge >= 0.3 is 5.97 Å². The summed E-state index contributed by atoms with van der Waals surface area (Å²) in [7, 11) is 0. The van der Waals surface area contributed by atoms with Crippen molar-refractivity contribution >= 4 is 27.5 Å². The zero-order valence-electron chi connectivity index (χ0n) is 18.3. The lowest BCUT2D eigenvalue weighted by atomic mass is 9.88. The first-order valence-electron chi connectivity index (χ1n) is 10.6. The van der Waals surface area contributed by atoms with E-state index >= 15 is 0 Å². The van der Waals surface area contributed by atoms with Gasteiger partial charge in [-0.15, -0.1) is 11.3 Å². The lowest BCUT2D eigenvalue weighted by Gasteiger charge is -2.28. The van der Waals surface area contributed by atoms with Crippen LogP contribution in [0.5, 0.6) is 0 Å². The van der Waals surface area contributed by atoms with Crippen molar-refractivity contribution in [2.75, 3.05) is 0 Å². The predicted molar refractivity (Wildman–Crippen MR) is 120 cm³/mol. The maximum absolute atomic E-state index is 13.1. The van der Waals surface area contributed by atoms with E-state index in [4.69, 9.17) is 9.72 Å². The molecule has 3 aromatic rings.